The van der Waals surface area contributed by atoms with E-state index < -0.39 is 11.8 Å². The molecule has 1 aromatic carbocycles. The number of fused-ring (bicyclic) bond motifs is 1. The lowest BCUT2D eigenvalue weighted by molar-refractivity contribution is -0.122. The summed E-state index contributed by atoms with van der Waals surface area (Å²) in [5.74, 6) is -1.08. The van der Waals surface area contributed by atoms with Gasteiger partial charge in [-0.3, -0.25) is 19.3 Å². The topological polar surface area (TPSA) is 92.5 Å². The van der Waals surface area contributed by atoms with Gasteiger partial charge in [-0.1, -0.05) is 19.9 Å². The lowest BCUT2D eigenvalue weighted by atomic mass is 10.1. The van der Waals surface area contributed by atoms with Gasteiger partial charge in [0, 0.05) is 11.7 Å². The van der Waals surface area contributed by atoms with Gasteiger partial charge in [0.05, 0.1) is 11.1 Å². The van der Waals surface area contributed by atoms with E-state index in [2.05, 4.69) is 5.32 Å². The third-order valence-electron chi connectivity index (χ3n) is 3.72. The third-order valence-corrected chi connectivity index (χ3v) is 3.72. The minimum Gasteiger partial charge on any atom is -0.398 e. The van der Waals surface area contributed by atoms with Crippen LogP contribution < -0.4 is 11.1 Å². The second kappa shape index (κ2) is 5.55. The van der Waals surface area contributed by atoms with Crippen molar-refractivity contribution < 1.29 is 14.4 Å². The molecule has 0 fully saturated rings. The van der Waals surface area contributed by atoms with Gasteiger partial charge in [-0.15, -0.1) is 0 Å². The first kappa shape index (κ1) is 15.0. The minimum absolute atomic E-state index is 0.0299. The summed E-state index contributed by atoms with van der Waals surface area (Å²) < 4.78 is 0. The van der Waals surface area contributed by atoms with Crippen LogP contribution >= 0.6 is 0 Å². The fourth-order valence-corrected chi connectivity index (χ4v) is 2.11. The first-order valence-corrected chi connectivity index (χ1v) is 6.87. The van der Waals surface area contributed by atoms with Crippen molar-refractivity contribution in [3.8, 4) is 0 Å². The quantitative estimate of drug-likeness (QED) is 0.639. The van der Waals surface area contributed by atoms with E-state index in [-0.39, 0.29) is 41.2 Å². The molecule has 0 aromatic heterocycles. The number of amides is 3. The van der Waals surface area contributed by atoms with E-state index >= 15 is 0 Å². The molecule has 1 atom stereocenters. The van der Waals surface area contributed by atoms with Crippen molar-refractivity contribution in [2.24, 2.45) is 5.92 Å². The normalized spacial score (nSPS) is 15.3. The molecule has 112 valence electrons. The largest absolute Gasteiger partial charge is 0.398 e. The predicted octanol–water partition coefficient (Wildman–Crippen LogP) is 1.03. The molecule has 0 spiro atoms. The van der Waals surface area contributed by atoms with Crippen LogP contribution in [0.3, 0.4) is 0 Å². The van der Waals surface area contributed by atoms with Crippen LogP contribution in [0.4, 0.5) is 5.69 Å². The fourth-order valence-electron chi connectivity index (χ4n) is 2.11. The number of nitrogens with zero attached hydrogens (tertiary/aromatic N) is 1. The van der Waals surface area contributed by atoms with Gasteiger partial charge >= 0.3 is 0 Å². The minimum atomic E-state index is -0.513. The molecule has 3 N–H and O–H groups in total. The maximum absolute atomic E-state index is 12.2. The first-order valence-electron chi connectivity index (χ1n) is 6.87. The van der Waals surface area contributed by atoms with Crippen LogP contribution in [0.5, 0.6) is 0 Å². The zero-order chi connectivity index (χ0) is 15.7. The van der Waals surface area contributed by atoms with Crippen molar-refractivity contribution in [3.05, 3.63) is 29.3 Å². The Morgan fingerprint density at radius 1 is 1.24 bits per heavy atom. The SMILES string of the molecule is CC(C)C(C)NC(=O)CN1C(=O)c2cccc(N)c2C1=O. The summed E-state index contributed by atoms with van der Waals surface area (Å²) >= 11 is 0. The molecule has 1 aliphatic heterocycles. The predicted molar refractivity (Wildman–Crippen MR) is 78.7 cm³/mol. The van der Waals surface area contributed by atoms with Crippen LogP contribution in [-0.4, -0.2) is 35.2 Å². The van der Waals surface area contributed by atoms with Crippen molar-refractivity contribution in [3.63, 3.8) is 0 Å². The average molecular weight is 289 g/mol. The number of nitrogens with one attached hydrogen (secondary N) is 1. The highest BCUT2D eigenvalue weighted by atomic mass is 16.2. The molecule has 6 heteroatoms. The van der Waals surface area contributed by atoms with Crippen LogP contribution in [0.1, 0.15) is 41.5 Å². The smallest absolute Gasteiger partial charge is 0.264 e. The van der Waals surface area contributed by atoms with E-state index in [1.807, 2.05) is 20.8 Å². The molecule has 2 rings (SSSR count). The van der Waals surface area contributed by atoms with Crippen LogP contribution in [0.15, 0.2) is 18.2 Å². The Kier molecular flexibility index (Phi) is 3.97. The molecule has 6 nitrogen and oxygen atoms in total. The summed E-state index contributed by atoms with van der Waals surface area (Å²) in [7, 11) is 0. The average Bonchev–Trinajstić information content (AvgIpc) is 2.65. The third kappa shape index (κ3) is 2.74. The van der Waals surface area contributed by atoms with Crippen molar-refractivity contribution in [2.75, 3.05) is 12.3 Å². The van der Waals surface area contributed by atoms with E-state index in [0.29, 0.717) is 0 Å². The first-order chi connectivity index (χ1) is 9.82. The summed E-state index contributed by atoms with van der Waals surface area (Å²) in [5, 5.41) is 2.77. The Morgan fingerprint density at radius 3 is 2.48 bits per heavy atom. The van der Waals surface area contributed by atoms with E-state index in [1.165, 1.54) is 0 Å². The molecular formula is C15H19N3O3. The number of hydrogen-bond acceptors (Lipinski definition) is 4. The molecule has 1 unspecified atom stereocenters. The molecule has 0 saturated carbocycles. The summed E-state index contributed by atoms with van der Waals surface area (Å²) in [6.45, 7) is 5.55. The van der Waals surface area contributed by atoms with Crippen molar-refractivity contribution in [2.45, 2.75) is 26.8 Å². The summed E-state index contributed by atoms with van der Waals surface area (Å²) in [6.07, 6.45) is 0. The van der Waals surface area contributed by atoms with E-state index in [1.54, 1.807) is 18.2 Å². The monoisotopic (exact) mass is 289 g/mol. The number of carbonyl (C=O) groups is 3. The standard InChI is InChI=1S/C15H19N3O3/c1-8(2)9(3)17-12(19)7-18-14(20)10-5-4-6-11(16)13(10)15(18)21/h4-6,8-9H,7,16H2,1-3H3,(H,17,19). The highest BCUT2D eigenvalue weighted by Gasteiger charge is 2.38. The molecule has 3 amide bonds. The van der Waals surface area contributed by atoms with Crippen LogP contribution in [-0.2, 0) is 4.79 Å². The zero-order valence-corrected chi connectivity index (χ0v) is 12.3. The van der Waals surface area contributed by atoms with Crippen LogP contribution in [0.2, 0.25) is 0 Å². The van der Waals surface area contributed by atoms with Gasteiger partial charge in [0.1, 0.15) is 6.54 Å². The molecule has 21 heavy (non-hydrogen) atoms. The van der Waals surface area contributed by atoms with Gasteiger partial charge < -0.3 is 11.1 Å². The van der Waals surface area contributed by atoms with Crippen molar-refractivity contribution in [1.29, 1.82) is 0 Å². The van der Waals surface area contributed by atoms with E-state index in [0.717, 1.165) is 4.90 Å². The van der Waals surface area contributed by atoms with E-state index in [4.69, 9.17) is 5.73 Å². The second-order valence-corrected chi connectivity index (χ2v) is 5.57. The van der Waals surface area contributed by atoms with Crippen LogP contribution in [0, 0.1) is 5.92 Å². The second-order valence-electron chi connectivity index (χ2n) is 5.57. The molecule has 0 aliphatic carbocycles. The summed E-state index contributed by atoms with van der Waals surface area (Å²) in [6, 6.07) is 4.69. The Bertz CT molecular complexity index is 610. The van der Waals surface area contributed by atoms with E-state index in [9.17, 15) is 14.4 Å². The van der Waals surface area contributed by atoms with Crippen LogP contribution in [0.25, 0.3) is 0 Å². The van der Waals surface area contributed by atoms with Gasteiger partial charge in [0.15, 0.2) is 0 Å². The molecule has 0 saturated heterocycles. The Hall–Kier alpha value is -2.37. The van der Waals surface area contributed by atoms with Gasteiger partial charge in [-0.25, -0.2) is 0 Å². The molecule has 1 heterocycles. The summed E-state index contributed by atoms with van der Waals surface area (Å²) in [5.41, 5.74) is 6.43. The fraction of sp³-hybridized carbons (Fsp3) is 0.400. The number of nitrogens with two attached hydrogens (primary N) is 1. The highest BCUT2D eigenvalue weighted by Crippen LogP contribution is 2.27. The molecule has 1 aromatic rings. The number of nitrogen functional groups attached to an aromatic ring is 1. The molecule has 0 bridgehead atoms. The zero-order valence-electron chi connectivity index (χ0n) is 12.3. The molecule has 0 radical (unpaired) electrons. The Balaban J connectivity index is 2.14. The molecular weight excluding hydrogens is 270 g/mol. The number of carbonyl (C=O) groups excluding carboxylic acids is 3. The number of benzene rings is 1. The Labute approximate surface area is 123 Å². The Morgan fingerprint density at radius 2 is 1.90 bits per heavy atom. The van der Waals surface area contributed by atoms with Crippen molar-refractivity contribution in [1.82, 2.24) is 10.2 Å². The summed E-state index contributed by atoms with van der Waals surface area (Å²) in [4.78, 5) is 37.3. The van der Waals surface area contributed by atoms with Gasteiger partial charge in [0.2, 0.25) is 5.91 Å². The molecule has 1 aliphatic rings. The number of hydrogen-bond donors (Lipinski definition) is 2. The highest BCUT2D eigenvalue weighted by molar-refractivity contribution is 6.24. The number of rotatable bonds is 4. The number of anilines is 1. The van der Waals surface area contributed by atoms with Crippen molar-refractivity contribution >= 4 is 23.4 Å². The lowest BCUT2D eigenvalue weighted by Gasteiger charge is -2.19. The van der Waals surface area contributed by atoms with Gasteiger partial charge in [0.25, 0.3) is 11.8 Å². The lowest BCUT2D eigenvalue weighted by Crippen LogP contribution is -2.44. The number of imide groups is 1. The van der Waals surface area contributed by atoms with Gasteiger partial charge in [-0.05, 0) is 25.0 Å². The maximum Gasteiger partial charge on any atom is 0.264 e. The maximum atomic E-state index is 12.2. The van der Waals surface area contributed by atoms with Gasteiger partial charge in [-0.2, -0.15) is 0 Å².